The predicted molar refractivity (Wildman–Crippen MR) is 119 cm³/mol. The third-order valence-electron chi connectivity index (χ3n) is 4.41. The summed E-state index contributed by atoms with van der Waals surface area (Å²) in [5.74, 6) is -0.131. The zero-order chi connectivity index (χ0) is 21.4. The van der Waals surface area contributed by atoms with E-state index in [9.17, 15) is 9.59 Å². The summed E-state index contributed by atoms with van der Waals surface area (Å²) in [5, 5.41) is 7.37. The van der Waals surface area contributed by atoms with Gasteiger partial charge in [0.25, 0.3) is 0 Å². The van der Waals surface area contributed by atoms with E-state index in [0.717, 1.165) is 18.5 Å². The second-order valence-electron chi connectivity index (χ2n) is 6.66. The summed E-state index contributed by atoms with van der Waals surface area (Å²) in [7, 11) is 0. The van der Waals surface area contributed by atoms with Gasteiger partial charge in [-0.05, 0) is 68.3 Å². The number of carbonyl (C=O) groups excluding carboxylic acids is 2. The number of benzene rings is 2. The molecule has 1 amide bonds. The average Bonchev–Trinajstić information content (AvgIpc) is 2.72. The van der Waals surface area contributed by atoms with Crippen LogP contribution in [-0.2, 0) is 4.79 Å². The van der Waals surface area contributed by atoms with Crippen LogP contribution in [-0.4, -0.2) is 41.2 Å². The van der Waals surface area contributed by atoms with Crippen molar-refractivity contribution in [2.45, 2.75) is 27.2 Å². The molecule has 163 valence electrons. The van der Waals surface area contributed by atoms with E-state index in [1.54, 1.807) is 55.5 Å². The number of rotatable bonds is 8. The van der Waals surface area contributed by atoms with E-state index in [4.69, 9.17) is 15.9 Å². The van der Waals surface area contributed by atoms with Gasteiger partial charge in [0, 0.05) is 68.3 Å². The minimum absolute atomic E-state index is 0. The zero-order valence-electron chi connectivity index (χ0n) is 18.1. The molecule has 0 fully saturated rings. The Morgan fingerprint density at radius 2 is 1.58 bits per heavy atom. The van der Waals surface area contributed by atoms with Crippen LogP contribution < -0.4 is 10.5 Å². The predicted octanol–water partition coefficient (Wildman–Crippen LogP) is 3.03. The fraction of sp³-hybridized carbons (Fsp3) is 0.261. The van der Waals surface area contributed by atoms with Gasteiger partial charge in [0.05, 0.1) is 5.56 Å². The molecule has 0 atom stereocenters. The molecule has 1 radical (unpaired) electrons. The van der Waals surface area contributed by atoms with Gasteiger partial charge in [-0.1, -0.05) is 19.1 Å². The number of carbonyl (C=O) groups is 2. The second-order valence-corrected chi connectivity index (χ2v) is 6.66. The van der Waals surface area contributed by atoms with E-state index in [-0.39, 0.29) is 61.3 Å². The van der Waals surface area contributed by atoms with Gasteiger partial charge in [-0.25, -0.2) is 4.79 Å². The van der Waals surface area contributed by atoms with E-state index < -0.39 is 5.97 Å². The van der Waals surface area contributed by atoms with Gasteiger partial charge in [-0.15, -0.1) is 0 Å². The van der Waals surface area contributed by atoms with Crippen molar-refractivity contribution in [1.29, 1.82) is 5.41 Å². The van der Waals surface area contributed by atoms with Gasteiger partial charge in [0.2, 0.25) is 5.91 Å². The molecule has 0 spiro atoms. The van der Waals surface area contributed by atoms with Crippen molar-refractivity contribution in [2.75, 3.05) is 13.1 Å². The molecule has 0 aromatic heterocycles. The van der Waals surface area contributed by atoms with Crippen LogP contribution in [0.25, 0.3) is 6.08 Å². The average molecular weight is 639 g/mol. The Labute approximate surface area is 219 Å². The first-order chi connectivity index (χ1) is 13.8. The smallest absolute Gasteiger partial charge is 0.343 e. The van der Waals surface area contributed by atoms with Gasteiger partial charge in [0.15, 0.2) is 0 Å². The van der Waals surface area contributed by atoms with E-state index >= 15 is 0 Å². The van der Waals surface area contributed by atoms with Crippen molar-refractivity contribution < 1.29 is 63.9 Å². The topological polar surface area (TPSA) is 128 Å². The second kappa shape index (κ2) is 14.1. The molecule has 31 heavy (non-hydrogen) atoms. The summed E-state index contributed by atoms with van der Waals surface area (Å²) < 4.78 is 5.34. The SMILES string of the molecule is CCCN(CC)C(=O)/C(C)=C/c1ccc(C(=O)Oc2ccc(C(=N)N)cc2)cc1.O.[Ac]. The largest absolute Gasteiger partial charge is 0.423 e. The number of nitrogens with one attached hydrogen (secondary N) is 1. The van der Waals surface area contributed by atoms with Crippen LogP contribution in [0.2, 0.25) is 0 Å². The molecular formula is C23H29AcN3O4. The summed E-state index contributed by atoms with van der Waals surface area (Å²) in [6, 6.07) is 13.3. The molecule has 0 saturated carbocycles. The number of nitrogens with zero attached hydrogens (tertiary/aromatic N) is 1. The van der Waals surface area contributed by atoms with Crippen molar-refractivity contribution in [3.8, 4) is 5.75 Å². The number of nitrogens with two attached hydrogens (primary N) is 1. The first kappa shape index (κ1) is 29.0. The van der Waals surface area contributed by atoms with Gasteiger partial charge in [-0.2, -0.15) is 0 Å². The van der Waals surface area contributed by atoms with Gasteiger partial charge < -0.3 is 20.8 Å². The summed E-state index contributed by atoms with van der Waals surface area (Å²) in [4.78, 5) is 26.6. The fourth-order valence-electron chi connectivity index (χ4n) is 2.82. The Morgan fingerprint density at radius 3 is 2.06 bits per heavy atom. The van der Waals surface area contributed by atoms with Crippen molar-refractivity contribution in [3.63, 3.8) is 0 Å². The van der Waals surface area contributed by atoms with E-state index in [0.29, 0.717) is 29.0 Å². The Balaban J connectivity index is 0.00000450. The first-order valence-corrected chi connectivity index (χ1v) is 9.60. The third kappa shape index (κ3) is 8.56. The number of hydrogen-bond donors (Lipinski definition) is 2. The Morgan fingerprint density at radius 1 is 1.03 bits per heavy atom. The molecule has 0 aliphatic carbocycles. The molecule has 2 aromatic rings. The van der Waals surface area contributed by atoms with Gasteiger partial charge in [-0.3, -0.25) is 10.2 Å². The molecule has 0 aliphatic rings. The zero-order valence-corrected chi connectivity index (χ0v) is 22.9. The van der Waals surface area contributed by atoms with Crippen molar-refractivity contribution in [1.82, 2.24) is 4.90 Å². The van der Waals surface area contributed by atoms with Crippen molar-refractivity contribution in [2.24, 2.45) is 5.73 Å². The summed E-state index contributed by atoms with van der Waals surface area (Å²) >= 11 is 0. The minimum atomic E-state index is -0.482. The molecule has 0 aliphatic heterocycles. The number of nitrogen functional groups attached to an aromatic ring is 1. The standard InChI is InChI=1S/C23H27N3O3.Ac.H2O/c1-4-14-26(5-2)22(27)16(3)15-17-6-8-19(9-7-17)23(28)29-20-12-10-18(11-13-20)21(24)25;;/h6-13,15H,4-5,14H2,1-3H3,(H3,24,25);;1H2/b16-15+;;. The van der Waals surface area contributed by atoms with Crippen molar-refractivity contribution >= 4 is 23.8 Å². The first-order valence-electron chi connectivity index (χ1n) is 9.60. The van der Waals surface area contributed by atoms with Crippen LogP contribution in [0.1, 0.15) is 48.7 Å². The Bertz CT molecular complexity index is 909. The van der Waals surface area contributed by atoms with Crippen LogP contribution in [0.4, 0.5) is 0 Å². The van der Waals surface area contributed by atoms with Gasteiger partial charge in [0.1, 0.15) is 11.6 Å². The molecule has 2 rings (SSSR count). The van der Waals surface area contributed by atoms with Gasteiger partial charge >= 0.3 is 5.97 Å². The maximum atomic E-state index is 12.5. The van der Waals surface area contributed by atoms with E-state index in [2.05, 4.69) is 0 Å². The van der Waals surface area contributed by atoms with Crippen molar-refractivity contribution in [3.05, 3.63) is 70.8 Å². The monoisotopic (exact) mass is 638 g/mol. The fourth-order valence-corrected chi connectivity index (χ4v) is 2.82. The summed E-state index contributed by atoms with van der Waals surface area (Å²) in [6.45, 7) is 7.22. The summed E-state index contributed by atoms with van der Waals surface area (Å²) in [5.41, 5.74) is 7.87. The number of amidine groups is 1. The quantitative estimate of drug-likeness (QED) is 0.152. The van der Waals surface area contributed by atoms with Crippen LogP contribution in [0.3, 0.4) is 0 Å². The summed E-state index contributed by atoms with van der Waals surface area (Å²) in [6.07, 6.45) is 2.73. The van der Waals surface area contributed by atoms with Crippen LogP contribution in [0, 0.1) is 49.5 Å². The molecule has 5 N–H and O–H groups in total. The normalized spacial score (nSPS) is 10.4. The Hall–Kier alpha value is -2.01. The van der Waals surface area contributed by atoms with Crippen LogP contribution >= 0.6 is 0 Å². The molecule has 0 heterocycles. The molecular weight excluding hydrogens is 609 g/mol. The molecule has 0 unspecified atom stereocenters. The van der Waals surface area contributed by atoms with Crippen LogP contribution in [0.15, 0.2) is 54.1 Å². The molecule has 2 aromatic carbocycles. The molecule has 0 saturated heterocycles. The number of likely N-dealkylation sites (N-methyl/N-ethyl adjacent to an activating group) is 1. The third-order valence-corrected chi connectivity index (χ3v) is 4.41. The Kier molecular flexibility index (Phi) is 13.2. The molecule has 0 bridgehead atoms. The maximum Gasteiger partial charge on any atom is 0.343 e. The minimum Gasteiger partial charge on any atom is -0.423 e. The number of ether oxygens (including phenoxy) is 1. The number of hydrogen-bond acceptors (Lipinski definition) is 4. The van der Waals surface area contributed by atoms with E-state index in [1.165, 1.54) is 0 Å². The molecule has 7 nitrogen and oxygen atoms in total. The maximum absolute atomic E-state index is 12.5. The molecule has 8 heteroatoms. The number of amides is 1. The van der Waals surface area contributed by atoms with Crippen LogP contribution in [0.5, 0.6) is 5.75 Å². The number of esters is 1. The van der Waals surface area contributed by atoms with E-state index in [1.807, 2.05) is 24.8 Å².